The monoisotopic (exact) mass is 345 g/mol. The Balaban J connectivity index is 1.62. The maximum Gasteiger partial charge on any atom is 0.258 e. The van der Waals surface area contributed by atoms with Gasteiger partial charge in [-0.15, -0.1) is 0 Å². The minimum absolute atomic E-state index is 0.0653. The molecule has 2 aromatic rings. The number of carbonyl (C=O) groups is 1. The van der Waals surface area contributed by atoms with Crippen LogP contribution in [0.3, 0.4) is 0 Å². The largest absolute Gasteiger partial charge is 0.370 e. The molecule has 0 aliphatic heterocycles. The molecule has 1 saturated carbocycles. The topological polar surface area (TPSA) is 88.8 Å². The summed E-state index contributed by atoms with van der Waals surface area (Å²) in [6.45, 7) is 1.98. The van der Waals surface area contributed by atoms with Gasteiger partial charge in [-0.2, -0.15) is 11.8 Å². The van der Waals surface area contributed by atoms with Crippen LogP contribution in [0.4, 0.5) is 0 Å². The fraction of sp³-hybridized carbons (Fsp3) is 0.500. The summed E-state index contributed by atoms with van der Waals surface area (Å²) in [6.07, 6.45) is 4.82. The Morgan fingerprint density at radius 2 is 2.08 bits per heavy atom. The van der Waals surface area contributed by atoms with Gasteiger partial charge in [0.15, 0.2) is 0 Å². The van der Waals surface area contributed by atoms with Crippen LogP contribution in [0.15, 0.2) is 23.0 Å². The van der Waals surface area contributed by atoms with Crippen molar-refractivity contribution in [3.63, 3.8) is 0 Å². The number of para-hydroxylation sites is 1. The first-order valence-electron chi connectivity index (χ1n) is 8.41. The molecule has 0 bridgehead atoms. The summed E-state index contributed by atoms with van der Waals surface area (Å²) in [4.78, 5) is 30.7. The van der Waals surface area contributed by atoms with Gasteiger partial charge in [-0.1, -0.05) is 12.1 Å². The summed E-state index contributed by atoms with van der Waals surface area (Å²) in [7, 11) is 0. The van der Waals surface area contributed by atoms with Crippen LogP contribution in [-0.4, -0.2) is 21.1 Å². The Kier molecular flexibility index (Phi) is 5.23. The van der Waals surface area contributed by atoms with Crippen molar-refractivity contribution in [1.29, 1.82) is 0 Å². The molecular weight excluding hydrogens is 322 g/mol. The van der Waals surface area contributed by atoms with E-state index in [9.17, 15) is 9.59 Å². The van der Waals surface area contributed by atoms with Crippen LogP contribution in [0.25, 0.3) is 10.9 Å². The Morgan fingerprint density at radius 1 is 1.33 bits per heavy atom. The highest BCUT2D eigenvalue weighted by atomic mass is 32.2. The zero-order valence-electron chi connectivity index (χ0n) is 13.9. The van der Waals surface area contributed by atoms with E-state index in [-0.39, 0.29) is 11.5 Å². The number of hydrogen-bond acceptors (Lipinski definition) is 4. The smallest absolute Gasteiger partial charge is 0.258 e. The Bertz CT molecular complexity index is 794. The van der Waals surface area contributed by atoms with E-state index in [1.165, 1.54) is 0 Å². The lowest BCUT2D eigenvalue weighted by atomic mass is 9.86. The third-order valence-corrected chi connectivity index (χ3v) is 6.11. The molecule has 1 aromatic heterocycles. The number of nitrogens with one attached hydrogen (secondary N) is 1. The van der Waals surface area contributed by atoms with Gasteiger partial charge in [0.2, 0.25) is 5.91 Å². The predicted octanol–water partition coefficient (Wildman–Crippen LogP) is 2.90. The van der Waals surface area contributed by atoms with Gasteiger partial charge in [-0.25, -0.2) is 4.98 Å². The summed E-state index contributed by atoms with van der Waals surface area (Å²) in [6, 6.07) is 5.67. The highest BCUT2D eigenvalue weighted by molar-refractivity contribution is 7.99. The van der Waals surface area contributed by atoms with Gasteiger partial charge < -0.3 is 10.7 Å². The number of aryl methyl sites for hydroxylation is 1. The molecule has 1 aliphatic rings. The minimum atomic E-state index is -0.195. The highest BCUT2D eigenvalue weighted by Crippen LogP contribution is 2.34. The molecule has 1 amide bonds. The first-order valence-corrected chi connectivity index (χ1v) is 9.46. The summed E-state index contributed by atoms with van der Waals surface area (Å²) >= 11 is 1.85. The minimum Gasteiger partial charge on any atom is -0.370 e. The van der Waals surface area contributed by atoms with Crippen LogP contribution in [0.1, 0.15) is 43.5 Å². The van der Waals surface area contributed by atoms with Crippen LogP contribution in [0, 0.1) is 12.8 Å². The molecule has 6 heteroatoms. The molecule has 3 N–H and O–H groups in total. The van der Waals surface area contributed by atoms with Crippen molar-refractivity contribution in [2.24, 2.45) is 11.7 Å². The van der Waals surface area contributed by atoms with E-state index in [1.807, 2.05) is 36.9 Å². The van der Waals surface area contributed by atoms with Gasteiger partial charge in [-0.05, 0) is 50.2 Å². The molecule has 5 nitrogen and oxygen atoms in total. The van der Waals surface area contributed by atoms with Gasteiger partial charge in [0.1, 0.15) is 5.82 Å². The lowest BCUT2D eigenvalue weighted by Gasteiger charge is -2.27. The number of nitrogens with two attached hydrogens (primary N) is 1. The number of thioether (sulfide) groups is 1. The number of fused-ring (bicyclic) bond motifs is 1. The number of primary amides is 1. The van der Waals surface area contributed by atoms with E-state index >= 15 is 0 Å². The van der Waals surface area contributed by atoms with Crippen molar-refractivity contribution in [2.75, 3.05) is 0 Å². The lowest BCUT2D eigenvalue weighted by Crippen LogP contribution is -2.22. The van der Waals surface area contributed by atoms with Crippen LogP contribution in [0.2, 0.25) is 0 Å². The van der Waals surface area contributed by atoms with Gasteiger partial charge in [-0.3, -0.25) is 9.59 Å². The first kappa shape index (κ1) is 17.0. The van der Waals surface area contributed by atoms with Crippen molar-refractivity contribution in [2.45, 2.75) is 50.0 Å². The van der Waals surface area contributed by atoms with E-state index < -0.39 is 0 Å². The molecule has 0 unspecified atom stereocenters. The fourth-order valence-corrected chi connectivity index (χ4v) is 4.54. The maximum absolute atomic E-state index is 12.2. The second kappa shape index (κ2) is 7.38. The average molecular weight is 345 g/mol. The molecule has 0 radical (unpaired) electrons. The number of hydrogen-bond donors (Lipinski definition) is 2. The van der Waals surface area contributed by atoms with Gasteiger partial charge in [0.05, 0.1) is 16.7 Å². The van der Waals surface area contributed by atoms with Crippen LogP contribution < -0.4 is 11.3 Å². The second-order valence-corrected chi connectivity index (χ2v) is 7.90. The molecule has 1 aliphatic carbocycles. The quantitative estimate of drug-likeness (QED) is 0.872. The third-order valence-electron chi connectivity index (χ3n) is 4.73. The Hall–Kier alpha value is -1.82. The molecule has 0 spiro atoms. The van der Waals surface area contributed by atoms with Gasteiger partial charge in [0.25, 0.3) is 5.56 Å². The number of aromatic amines is 1. The number of carbonyl (C=O) groups excluding carboxylic acids is 1. The number of amides is 1. The van der Waals surface area contributed by atoms with E-state index in [2.05, 4.69) is 9.97 Å². The van der Waals surface area contributed by atoms with Gasteiger partial charge >= 0.3 is 0 Å². The SMILES string of the molecule is Cc1cccc2c(=O)[nH]c(CSC3CCC(CC(N)=O)CC3)nc12. The molecule has 1 aromatic carbocycles. The number of rotatable bonds is 5. The summed E-state index contributed by atoms with van der Waals surface area (Å²) in [5.41, 5.74) is 7.03. The fourth-order valence-electron chi connectivity index (χ4n) is 3.40. The molecular formula is C18H23N3O2S. The number of aromatic nitrogens is 2. The van der Waals surface area contributed by atoms with Crippen molar-refractivity contribution >= 4 is 28.6 Å². The van der Waals surface area contributed by atoms with Crippen molar-refractivity contribution in [1.82, 2.24) is 9.97 Å². The van der Waals surface area contributed by atoms with Crippen LogP contribution in [-0.2, 0) is 10.5 Å². The molecule has 1 heterocycles. The van der Waals surface area contributed by atoms with E-state index in [0.29, 0.717) is 28.7 Å². The number of H-pyrrole nitrogens is 1. The second-order valence-electron chi connectivity index (χ2n) is 6.61. The zero-order valence-corrected chi connectivity index (χ0v) is 14.7. The zero-order chi connectivity index (χ0) is 17.1. The lowest BCUT2D eigenvalue weighted by molar-refractivity contribution is -0.119. The summed E-state index contributed by atoms with van der Waals surface area (Å²) < 4.78 is 0. The molecule has 3 rings (SSSR count). The molecule has 1 fully saturated rings. The van der Waals surface area contributed by atoms with Gasteiger partial charge in [0, 0.05) is 11.7 Å². The number of benzene rings is 1. The molecule has 24 heavy (non-hydrogen) atoms. The van der Waals surface area contributed by atoms with Crippen molar-refractivity contribution in [3.05, 3.63) is 39.9 Å². The normalized spacial score (nSPS) is 21.0. The third kappa shape index (κ3) is 3.98. The van der Waals surface area contributed by atoms with Crippen LogP contribution in [0.5, 0.6) is 0 Å². The molecule has 0 saturated heterocycles. The predicted molar refractivity (Wildman–Crippen MR) is 98.0 cm³/mol. The summed E-state index contributed by atoms with van der Waals surface area (Å²) in [5, 5.41) is 1.21. The van der Waals surface area contributed by atoms with Crippen LogP contribution >= 0.6 is 11.8 Å². The molecule has 128 valence electrons. The maximum atomic E-state index is 12.2. The number of nitrogens with zero attached hydrogens (tertiary/aromatic N) is 1. The standard InChI is InChI=1S/C18H23N3O2S/c1-11-3-2-4-14-17(11)20-16(21-18(14)23)10-24-13-7-5-12(6-8-13)9-15(19)22/h2-4,12-13H,5-10H2,1H3,(H2,19,22)(H,20,21,23). The summed E-state index contributed by atoms with van der Waals surface area (Å²) in [5.74, 6) is 1.70. The van der Waals surface area contributed by atoms with E-state index in [1.54, 1.807) is 0 Å². The van der Waals surface area contributed by atoms with E-state index in [0.717, 1.165) is 42.6 Å². The van der Waals surface area contributed by atoms with E-state index in [4.69, 9.17) is 5.73 Å². The first-order chi connectivity index (χ1) is 11.5. The average Bonchev–Trinajstić information content (AvgIpc) is 2.55. The Labute approximate surface area is 145 Å². The van der Waals surface area contributed by atoms with Crippen molar-refractivity contribution in [3.8, 4) is 0 Å². The highest BCUT2D eigenvalue weighted by Gasteiger charge is 2.22. The Morgan fingerprint density at radius 3 is 2.79 bits per heavy atom. The van der Waals surface area contributed by atoms with Crippen molar-refractivity contribution < 1.29 is 4.79 Å². The molecule has 0 atom stereocenters.